The van der Waals surface area contributed by atoms with Crippen molar-refractivity contribution in [1.82, 2.24) is 0 Å². The van der Waals surface area contributed by atoms with Gasteiger partial charge in [-0.25, -0.2) is 0 Å². The summed E-state index contributed by atoms with van der Waals surface area (Å²) in [6.45, 7) is 5.27. The van der Waals surface area contributed by atoms with Crippen LogP contribution in [0.4, 0.5) is 0 Å². The average molecular weight is 181 g/mol. The highest BCUT2D eigenvalue weighted by atomic mass is 16.5. The molecule has 0 unspecified atom stereocenters. The third kappa shape index (κ3) is 1.57. The van der Waals surface area contributed by atoms with Crippen molar-refractivity contribution in [1.29, 1.82) is 0 Å². The molecule has 0 radical (unpaired) electrons. The van der Waals surface area contributed by atoms with Crippen molar-refractivity contribution in [2.75, 3.05) is 7.04 Å². The van der Waals surface area contributed by atoms with Gasteiger partial charge in [0.15, 0.2) is 6.29 Å². The average Bonchev–Trinajstić information content (AvgIpc) is 2.12. The van der Waals surface area contributed by atoms with Crippen molar-refractivity contribution >= 4 is 6.29 Å². The van der Waals surface area contributed by atoms with E-state index in [2.05, 4.69) is 0 Å². The third-order valence-electron chi connectivity index (χ3n) is 2.34. The fourth-order valence-corrected chi connectivity index (χ4v) is 1.35. The van der Waals surface area contributed by atoms with Gasteiger partial charge < -0.3 is 4.74 Å². The monoisotopic (exact) mass is 181 g/mol. The van der Waals surface area contributed by atoms with Crippen LogP contribution in [0.3, 0.4) is 0 Å². The second-order valence-corrected chi connectivity index (χ2v) is 3.08. The maximum atomic E-state index is 10.8. The molecule has 0 saturated heterocycles. The smallest absolute Gasteiger partial charge is 0.150 e. The molecule has 0 amide bonds. The highest BCUT2D eigenvalue weighted by Gasteiger charge is 2.08. The molecule has 1 rings (SSSR count). The van der Waals surface area contributed by atoms with Gasteiger partial charge in [-0.3, -0.25) is 4.79 Å². The zero-order valence-electron chi connectivity index (χ0n) is 11.0. The fraction of sp³-hybridized carbons (Fsp3) is 0.364. The van der Waals surface area contributed by atoms with Crippen molar-refractivity contribution in [2.24, 2.45) is 0 Å². The van der Waals surface area contributed by atoms with E-state index in [1.54, 1.807) is 26.8 Å². The highest BCUT2D eigenvalue weighted by Crippen LogP contribution is 2.26. The summed E-state index contributed by atoms with van der Waals surface area (Å²) in [6, 6.07) is 1.58. The van der Waals surface area contributed by atoms with Gasteiger partial charge in [0.05, 0.1) is 11.2 Å². The largest absolute Gasteiger partial charge is 0.496 e. The number of hydrogen-bond acceptors (Lipinski definition) is 2. The first-order valence-electron chi connectivity index (χ1n) is 5.51. The SMILES string of the molecule is [2H]C([2H])([2H])Oc1cc(C)c(C=O)c(C)c1C. The van der Waals surface area contributed by atoms with Crippen LogP contribution < -0.4 is 4.74 Å². The van der Waals surface area contributed by atoms with E-state index in [0.717, 1.165) is 17.4 Å². The number of aryl methyl sites for hydroxylation is 1. The lowest BCUT2D eigenvalue weighted by molar-refractivity contribution is 0.112. The Balaban J connectivity index is 3.29. The summed E-state index contributed by atoms with van der Waals surface area (Å²) in [6.07, 6.45) is 0.775. The molecule has 0 saturated carbocycles. The molecule has 0 aliphatic heterocycles. The second-order valence-electron chi connectivity index (χ2n) is 3.08. The van der Waals surface area contributed by atoms with Gasteiger partial charge in [-0.1, -0.05) is 0 Å². The van der Waals surface area contributed by atoms with Gasteiger partial charge in [-0.05, 0) is 43.5 Å². The summed E-state index contributed by atoms with van der Waals surface area (Å²) in [5.41, 5.74) is 2.76. The zero-order chi connectivity index (χ0) is 12.5. The van der Waals surface area contributed by atoms with Crippen LogP contribution in [-0.2, 0) is 0 Å². The van der Waals surface area contributed by atoms with Crippen LogP contribution in [-0.4, -0.2) is 13.3 Å². The van der Waals surface area contributed by atoms with Crippen LogP contribution in [0.25, 0.3) is 0 Å². The molecule has 1 aromatic rings. The summed E-state index contributed by atoms with van der Waals surface area (Å²) in [5.74, 6) is 0.306. The van der Waals surface area contributed by atoms with E-state index in [1.807, 2.05) is 0 Å². The minimum Gasteiger partial charge on any atom is -0.496 e. The lowest BCUT2D eigenvalue weighted by Gasteiger charge is -2.11. The van der Waals surface area contributed by atoms with E-state index >= 15 is 0 Å². The van der Waals surface area contributed by atoms with Crippen molar-refractivity contribution < 1.29 is 13.6 Å². The van der Waals surface area contributed by atoms with Gasteiger partial charge in [0.25, 0.3) is 0 Å². The topological polar surface area (TPSA) is 26.3 Å². The third-order valence-corrected chi connectivity index (χ3v) is 2.34. The van der Waals surface area contributed by atoms with E-state index in [1.165, 1.54) is 0 Å². The summed E-state index contributed by atoms with van der Waals surface area (Å²) in [5, 5.41) is 0. The number of rotatable bonds is 2. The quantitative estimate of drug-likeness (QED) is 0.655. The molecule has 13 heavy (non-hydrogen) atoms. The Hall–Kier alpha value is -1.31. The first kappa shape index (κ1) is 6.19. The highest BCUT2D eigenvalue weighted by molar-refractivity contribution is 5.81. The molecule has 0 aliphatic rings. The second kappa shape index (κ2) is 3.60. The minimum atomic E-state index is -2.47. The van der Waals surface area contributed by atoms with Gasteiger partial charge in [0.1, 0.15) is 5.75 Å². The Morgan fingerprint density at radius 3 is 2.62 bits per heavy atom. The Bertz CT molecular complexity index is 422. The lowest BCUT2D eigenvalue weighted by atomic mass is 9.98. The van der Waals surface area contributed by atoms with Gasteiger partial charge in [-0.15, -0.1) is 0 Å². The number of carbonyl (C=O) groups excluding carboxylic acids is 1. The standard InChI is InChI=1S/C11H14O2/c1-7-5-11(13-4)9(3)8(2)10(7)6-12/h5-6H,1-4H3/i4D3. The van der Waals surface area contributed by atoms with Crippen LogP contribution in [0, 0.1) is 20.8 Å². The molecule has 2 nitrogen and oxygen atoms in total. The van der Waals surface area contributed by atoms with E-state index in [0.29, 0.717) is 16.9 Å². The number of ether oxygens (including phenoxy) is 1. The summed E-state index contributed by atoms with van der Waals surface area (Å²) < 4.78 is 26.0. The summed E-state index contributed by atoms with van der Waals surface area (Å²) >= 11 is 0. The number of hydrogen-bond donors (Lipinski definition) is 0. The maximum Gasteiger partial charge on any atom is 0.150 e. The van der Waals surface area contributed by atoms with Gasteiger partial charge in [0.2, 0.25) is 0 Å². The van der Waals surface area contributed by atoms with Crippen molar-refractivity contribution in [3.63, 3.8) is 0 Å². The van der Waals surface area contributed by atoms with Crippen molar-refractivity contribution in [3.8, 4) is 5.75 Å². The van der Waals surface area contributed by atoms with Gasteiger partial charge >= 0.3 is 0 Å². The van der Waals surface area contributed by atoms with E-state index in [-0.39, 0.29) is 0 Å². The molecule has 0 spiro atoms. The predicted octanol–water partition coefficient (Wildman–Crippen LogP) is 2.43. The molecule has 0 atom stereocenters. The molecular weight excluding hydrogens is 164 g/mol. The molecule has 0 aromatic heterocycles. The van der Waals surface area contributed by atoms with Crippen molar-refractivity contribution in [3.05, 3.63) is 28.3 Å². The van der Waals surface area contributed by atoms with Crippen molar-refractivity contribution in [2.45, 2.75) is 20.8 Å². The number of benzene rings is 1. The summed E-state index contributed by atoms with van der Waals surface area (Å²) in [7, 11) is -2.47. The molecule has 0 aliphatic carbocycles. The van der Waals surface area contributed by atoms with Crippen LogP contribution in [0.5, 0.6) is 5.75 Å². The molecule has 70 valence electrons. The Kier molecular flexibility index (Phi) is 1.72. The fourth-order valence-electron chi connectivity index (χ4n) is 1.35. The van der Waals surface area contributed by atoms with Crippen LogP contribution in [0.2, 0.25) is 0 Å². The van der Waals surface area contributed by atoms with E-state index < -0.39 is 7.04 Å². The number of methoxy groups -OCH3 is 1. The lowest BCUT2D eigenvalue weighted by Crippen LogP contribution is -1.98. The summed E-state index contributed by atoms with van der Waals surface area (Å²) in [4.78, 5) is 10.8. The normalized spacial score (nSPS) is 14.2. The molecule has 0 bridgehead atoms. The van der Waals surface area contributed by atoms with Gasteiger partial charge in [0, 0.05) is 5.56 Å². The Morgan fingerprint density at radius 1 is 1.38 bits per heavy atom. The van der Waals surface area contributed by atoms with Crippen LogP contribution >= 0.6 is 0 Å². The predicted molar refractivity (Wildman–Crippen MR) is 52.6 cm³/mol. The molecule has 0 N–H and O–H groups in total. The molecule has 0 fully saturated rings. The first-order valence-corrected chi connectivity index (χ1v) is 4.01. The number of aldehydes is 1. The molecule has 0 heterocycles. The maximum absolute atomic E-state index is 10.8. The van der Waals surface area contributed by atoms with E-state index in [4.69, 9.17) is 8.85 Å². The van der Waals surface area contributed by atoms with E-state index in [9.17, 15) is 4.79 Å². The molecular formula is C11H14O2. The molecule has 2 heteroatoms. The van der Waals surface area contributed by atoms with Crippen LogP contribution in [0.15, 0.2) is 6.07 Å². The molecule has 1 aromatic carbocycles. The Labute approximate surface area is 82.7 Å². The zero-order valence-corrected chi connectivity index (χ0v) is 7.97. The van der Waals surface area contributed by atoms with Gasteiger partial charge in [-0.2, -0.15) is 0 Å². The number of carbonyl (C=O) groups is 1. The van der Waals surface area contributed by atoms with Crippen LogP contribution in [0.1, 0.15) is 31.2 Å². The Morgan fingerprint density at radius 2 is 2.08 bits per heavy atom. The first-order chi connectivity index (χ1) is 7.26. The minimum absolute atomic E-state index is 0.306.